The van der Waals surface area contributed by atoms with Crippen molar-refractivity contribution >= 4 is 71.3 Å². The largest absolute Gasteiger partial charge is 0.463 e. The molecule has 3 aliphatic carbocycles. The summed E-state index contributed by atoms with van der Waals surface area (Å²) in [5, 5.41) is 10.2. The maximum Gasteiger partial charge on any atom is 0.350 e. The Morgan fingerprint density at radius 2 is 1.02 bits per heavy atom. The van der Waals surface area contributed by atoms with Crippen molar-refractivity contribution in [3.05, 3.63) is 84.2 Å². The maximum atomic E-state index is 13.4. The first kappa shape index (κ1) is 69.4. The molecule has 0 saturated heterocycles. The molecule has 1 heterocycles. The van der Waals surface area contributed by atoms with Crippen LogP contribution in [-0.2, 0) is 76.3 Å². The lowest BCUT2D eigenvalue weighted by molar-refractivity contribution is -0.159. The van der Waals surface area contributed by atoms with Gasteiger partial charge in [-0.3, -0.25) is 19.2 Å². The second kappa shape index (κ2) is 37.9. The number of rotatable bonds is 35. The number of hydrogen-bond acceptors (Lipinski definition) is 21. The Morgan fingerprint density at radius 3 is 1.56 bits per heavy atom. The topological polar surface area (TPSA) is 253 Å². The van der Waals surface area contributed by atoms with Gasteiger partial charge in [0.2, 0.25) is 0 Å². The van der Waals surface area contributed by atoms with Crippen LogP contribution in [0.15, 0.2) is 94.0 Å². The minimum atomic E-state index is -0.933. The summed E-state index contributed by atoms with van der Waals surface area (Å²) in [6.45, 7) is 13.4. The minimum absolute atomic E-state index is 0.0213. The van der Waals surface area contributed by atoms with Crippen LogP contribution >= 0.6 is 23.5 Å². The monoisotopic (exact) mass is 1240 g/mol. The number of nitriles is 1. The summed E-state index contributed by atoms with van der Waals surface area (Å²) in [5.41, 5.74) is 1.09. The van der Waals surface area contributed by atoms with Gasteiger partial charge < -0.3 is 47.4 Å². The van der Waals surface area contributed by atoms with Gasteiger partial charge in [-0.1, -0.05) is 68.2 Å². The molecule has 0 aromatic heterocycles. The van der Waals surface area contributed by atoms with Crippen molar-refractivity contribution in [1.29, 1.82) is 5.26 Å². The fourth-order valence-electron chi connectivity index (χ4n) is 10.6. The lowest BCUT2D eigenvalue weighted by Crippen LogP contribution is -2.33. The number of thioether (sulfide) groups is 2. The van der Waals surface area contributed by atoms with Crippen LogP contribution in [-0.4, -0.2) is 112 Å². The van der Waals surface area contributed by atoms with Gasteiger partial charge >= 0.3 is 47.8 Å². The highest BCUT2D eigenvalue weighted by Gasteiger charge is 2.35. The van der Waals surface area contributed by atoms with E-state index in [-0.39, 0.29) is 89.2 Å². The van der Waals surface area contributed by atoms with Gasteiger partial charge in [-0.05, 0) is 171 Å². The standard InChI is InChI=1S/C66H83NO18S2/c1-5-56(68)78-39-14-10-8-12-37-76-49-27-21-46(22-28-49)62(72)82-44(4)17-16-18-59(71)85-55-36-35-53(60-61(55)87-66(86-60)54(43-67)65(75)81-42-41-80-58(70)7-3)45-19-31-51(32-20-45)83-64(74)48-25-33-52(34-26-48)84-63(73)47-23-29-50(30-24-47)77-38-13-9-11-15-40-79-57(69)6-2/h5-7,19-20,31-32,35-36,44,46-50,52H,1-3,8-18,21-30,33-34,37-42H2,4H3/b66-54+. The molecule has 1 aliphatic heterocycles. The first-order chi connectivity index (χ1) is 42.2. The molecule has 0 spiro atoms. The fourth-order valence-corrected chi connectivity index (χ4v) is 13.2. The van der Waals surface area contributed by atoms with Crippen LogP contribution in [0.2, 0.25) is 0 Å². The summed E-state index contributed by atoms with van der Waals surface area (Å²) < 4.78 is 56.2. The van der Waals surface area contributed by atoms with E-state index in [4.69, 9.17) is 47.4 Å². The normalized spacial score (nSPS) is 20.6. The highest BCUT2D eigenvalue weighted by Crippen LogP contribution is 2.59. The summed E-state index contributed by atoms with van der Waals surface area (Å²) in [6.07, 6.45) is 19.0. The van der Waals surface area contributed by atoms with Gasteiger partial charge in [-0.25, -0.2) is 19.2 Å². The first-order valence-electron chi connectivity index (χ1n) is 30.6. The molecule has 87 heavy (non-hydrogen) atoms. The van der Waals surface area contributed by atoms with Crippen molar-refractivity contribution in [3.8, 4) is 28.7 Å². The molecule has 6 rings (SSSR count). The molecule has 0 bridgehead atoms. The fraction of sp³-hybridized carbons (Fsp3) is 0.561. The highest BCUT2D eigenvalue weighted by atomic mass is 32.2. The summed E-state index contributed by atoms with van der Waals surface area (Å²) in [4.78, 5) is 101. The number of unbranched alkanes of at least 4 members (excludes halogenated alkanes) is 6. The number of ether oxygens (including phenoxy) is 10. The van der Waals surface area contributed by atoms with E-state index in [2.05, 4.69) is 19.7 Å². The number of hydrogen-bond donors (Lipinski definition) is 0. The van der Waals surface area contributed by atoms with Gasteiger partial charge in [0.25, 0.3) is 0 Å². The summed E-state index contributed by atoms with van der Waals surface area (Å²) in [5.74, 6) is -3.99. The second-order valence-corrected chi connectivity index (χ2v) is 24.3. The second-order valence-electron chi connectivity index (χ2n) is 22.0. The van der Waals surface area contributed by atoms with Gasteiger partial charge in [0.05, 0.1) is 58.4 Å². The molecule has 0 amide bonds. The van der Waals surface area contributed by atoms with E-state index >= 15 is 0 Å². The van der Waals surface area contributed by atoms with Crippen LogP contribution in [0.1, 0.15) is 155 Å². The molecule has 1 atom stereocenters. The summed E-state index contributed by atoms with van der Waals surface area (Å²) in [7, 11) is 0. The lowest BCUT2D eigenvalue weighted by Gasteiger charge is -2.31. The Labute approximate surface area is 518 Å². The van der Waals surface area contributed by atoms with E-state index in [1.165, 1.54) is 0 Å². The molecule has 3 saturated carbocycles. The van der Waals surface area contributed by atoms with Crippen molar-refractivity contribution in [3.63, 3.8) is 0 Å². The third kappa shape index (κ3) is 23.7. The van der Waals surface area contributed by atoms with Gasteiger partial charge in [-0.15, -0.1) is 0 Å². The average Bonchev–Trinajstić information content (AvgIpc) is 3.14. The van der Waals surface area contributed by atoms with Gasteiger partial charge in [-0.2, -0.15) is 5.26 Å². The Morgan fingerprint density at radius 1 is 0.540 bits per heavy atom. The van der Waals surface area contributed by atoms with E-state index in [0.717, 1.165) is 119 Å². The summed E-state index contributed by atoms with van der Waals surface area (Å²) in [6, 6.07) is 12.3. The molecule has 0 radical (unpaired) electrons. The van der Waals surface area contributed by atoms with Gasteiger partial charge in [0.15, 0.2) is 5.57 Å². The third-order valence-electron chi connectivity index (χ3n) is 15.5. The number of carbonyl (C=O) groups excluding carboxylic acids is 8. The molecule has 472 valence electrons. The first-order valence-corrected chi connectivity index (χ1v) is 32.2. The van der Waals surface area contributed by atoms with Crippen LogP contribution in [0.3, 0.4) is 0 Å². The van der Waals surface area contributed by atoms with E-state index < -0.39 is 36.0 Å². The minimum Gasteiger partial charge on any atom is -0.463 e. The zero-order chi connectivity index (χ0) is 62.3. The molecular weight excluding hydrogens is 1160 g/mol. The van der Waals surface area contributed by atoms with Crippen LogP contribution < -0.4 is 9.47 Å². The Kier molecular flexibility index (Phi) is 30.2. The molecule has 4 aliphatic rings. The van der Waals surface area contributed by atoms with Gasteiger partial charge in [0.1, 0.15) is 36.9 Å². The Bertz CT molecular complexity index is 2750. The molecule has 2 aromatic rings. The number of esters is 8. The molecule has 2 aromatic carbocycles. The molecule has 0 N–H and O–H groups in total. The third-order valence-corrected chi connectivity index (χ3v) is 18.2. The zero-order valence-electron chi connectivity index (χ0n) is 50.0. The Hall–Kier alpha value is -6.73. The number of carbonyl (C=O) groups is 8. The molecule has 1 unspecified atom stereocenters. The lowest BCUT2D eigenvalue weighted by atomic mass is 9.86. The van der Waals surface area contributed by atoms with Crippen LogP contribution in [0, 0.1) is 29.1 Å². The van der Waals surface area contributed by atoms with Crippen LogP contribution in [0.4, 0.5) is 0 Å². The smallest absolute Gasteiger partial charge is 0.350 e. The van der Waals surface area contributed by atoms with Crippen molar-refractivity contribution in [2.45, 2.75) is 189 Å². The maximum absolute atomic E-state index is 13.4. The SMILES string of the molecule is C=CC(=O)OCCCCCCOC1CCC(C(=O)OC(C)CCCC(=O)Oc2ccc(-c3ccc(OC(=O)C4CCC(OC(=O)C5CCC(OCCCCCCOC(=O)C=C)CC5)CC4)cc3)c3c2S/C(=C(\C#N)C(=O)OCCOC(=O)C=C)S3)CC1. The van der Waals surface area contributed by atoms with Crippen molar-refractivity contribution in [2.24, 2.45) is 17.8 Å². The molecule has 19 nitrogen and oxygen atoms in total. The van der Waals surface area contributed by atoms with E-state index in [0.29, 0.717) is 117 Å². The number of nitrogens with zero attached hydrogens (tertiary/aromatic N) is 1. The van der Waals surface area contributed by atoms with Gasteiger partial charge in [0, 0.05) is 42.8 Å². The number of benzene rings is 2. The molecule has 3 fully saturated rings. The Balaban J connectivity index is 0.953. The predicted molar refractivity (Wildman–Crippen MR) is 324 cm³/mol. The van der Waals surface area contributed by atoms with Crippen LogP contribution in [0.5, 0.6) is 11.5 Å². The average molecular weight is 1240 g/mol. The van der Waals surface area contributed by atoms with Crippen molar-refractivity contribution in [1.82, 2.24) is 0 Å². The van der Waals surface area contributed by atoms with E-state index in [9.17, 15) is 43.6 Å². The quantitative estimate of drug-likeness (QED) is 0.0155. The zero-order valence-corrected chi connectivity index (χ0v) is 51.6. The van der Waals surface area contributed by atoms with Crippen molar-refractivity contribution in [2.75, 3.05) is 39.6 Å². The number of fused-ring (bicyclic) bond motifs is 1. The molecular formula is C66H83NO18S2. The predicted octanol–water partition coefficient (Wildman–Crippen LogP) is 12.3. The highest BCUT2D eigenvalue weighted by molar-refractivity contribution is 8.25. The van der Waals surface area contributed by atoms with E-state index in [1.807, 2.05) is 6.07 Å². The van der Waals surface area contributed by atoms with E-state index in [1.54, 1.807) is 43.3 Å². The van der Waals surface area contributed by atoms with Crippen LogP contribution in [0.25, 0.3) is 11.1 Å². The van der Waals surface area contributed by atoms with Crippen molar-refractivity contribution < 1.29 is 85.7 Å². The molecule has 21 heteroatoms. The summed E-state index contributed by atoms with van der Waals surface area (Å²) >= 11 is 2.21.